The van der Waals surface area contributed by atoms with Crippen LogP contribution < -0.4 is 5.32 Å². The molecule has 3 rings (SSSR count). The Balaban J connectivity index is 1.85. The highest BCUT2D eigenvalue weighted by Gasteiger charge is 2.19. The van der Waals surface area contributed by atoms with Crippen molar-refractivity contribution in [3.8, 4) is 0 Å². The second kappa shape index (κ2) is 5.61. The first-order valence-electron chi connectivity index (χ1n) is 7.75. The largest absolute Gasteiger partial charge is 0.363 e. The average Bonchev–Trinajstić information content (AvgIpc) is 2.89. The van der Waals surface area contributed by atoms with Gasteiger partial charge in [0.15, 0.2) is 5.65 Å². The van der Waals surface area contributed by atoms with Crippen molar-refractivity contribution in [2.24, 2.45) is 0 Å². The molecule has 1 N–H and O–H groups in total. The van der Waals surface area contributed by atoms with Gasteiger partial charge in [-0.15, -0.1) is 0 Å². The molecule has 23 heavy (non-hydrogen) atoms. The van der Waals surface area contributed by atoms with Crippen LogP contribution in [0.15, 0.2) is 30.7 Å². The number of fused-ring (bicyclic) bond motifs is 1. The van der Waals surface area contributed by atoms with E-state index in [1.54, 1.807) is 12.4 Å². The molecule has 0 radical (unpaired) electrons. The van der Waals surface area contributed by atoms with Crippen LogP contribution in [0, 0.1) is 6.92 Å². The van der Waals surface area contributed by atoms with Gasteiger partial charge in [0, 0.05) is 24.2 Å². The molecule has 1 unspecified atom stereocenters. The summed E-state index contributed by atoms with van der Waals surface area (Å²) in [5.41, 5.74) is 3.61. The molecule has 3 heterocycles. The molecular formula is C17H22N6. The van der Waals surface area contributed by atoms with Crippen LogP contribution in [0.3, 0.4) is 0 Å². The quantitative estimate of drug-likeness (QED) is 0.802. The molecule has 0 aliphatic rings. The summed E-state index contributed by atoms with van der Waals surface area (Å²) in [7, 11) is 0. The Hall–Kier alpha value is -2.50. The molecule has 6 heteroatoms. The maximum Gasteiger partial charge on any atom is 0.180 e. The van der Waals surface area contributed by atoms with Gasteiger partial charge in [-0.1, -0.05) is 0 Å². The van der Waals surface area contributed by atoms with Crippen LogP contribution in [0.4, 0.5) is 5.82 Å². The number of rotatable bonds is 3. The minimum atomic E-state index is -0.0283. The maximum absolute atomic E-state index is 4.63. The Morgan fingerprint density at radius 3 is 2.57 bits per heavy atom. The van der Waals surface area contributed by atoms with E-state index in [9.17, 15) is 0 Å². The third kappa shape index (κ3) is 3.16. The Bertz CT molecular complexity index is 830. The molecule has 120 valence electrons. The van der Waals surface area contributed by atoms with Crippen molar-refractivity contribution in [1.29, 1.82) is 0 Å². The van der Waals surface area contributed by atoms with Crippen molar-refractivity contribution in [2.45, 2.75) is 46.2 Å². The summed E-state index contributed by atoms with van der Waals surface area (Å²) < 4.78 is 2.01. The van der Waals surface area contributed by atoms with E-state index in [1.807, 2.05) is 23.7 Å². The first-order chi connectivity index (χ1) is 10.8. The van der Waals surface area contributed by atoms with Gasteiger partial charge in [-0.3, -0.25) is 9.67 Å². The molecule has 0 fully saturated rings. The van der Waals surface area contributed by atoms with Crippen molar-refractivity contribution in [3.05, 3.63) is 42.0 Å². The number of hydrogen-bond donors (Lipinski definition) is 1. The normalized spacial score (nSPS) is 13.3. The van der Waals surface area contributed by atoms with Gasteiger partial charge in [-0.25, -0.2) is 9.97 Å². The summed E-state index contributed by atoms with van der Waals surface area (Å²) >= 11 is 0. The Morgan fingerprint density at radius 1 is 1.13 bits per heavy atom. The summed E-state index contributed by atoms with van der Waals surface area (Å²) in [6.45, 7) is 10.6. The third-order valence-electron chi connectivity index (χ3n) is 3.79. The van der Waals surface area contributed by atoms with Gasteiger partial charge in [0.2, 0.25) is 0 Å². The zero-order chi connectivity index (χ0) is 16.6. The van der Waals surface area contributed by atoms with Crippen molar-refractivity contribution < 1.29 is 0 Å². The second-order valence-electron chi connectivity index (χ2n) is 6.75. The standard InChI is InChI=1S/C17H22N6/c1-11(13-10-23(17(3,4)5)22-12(13)2)20-15-7-6-14-16(21-15)19-9-8-18-14/h6-11H,1-5H3,(H,19,20,21). The van der Waals surface area contributed by atoms with E-state index in [2.05, 4.69) is 59.3 Å². The van der Waals surface area contributed by atoms with Gasteiger partial charge < -0.3 is 5.32 Å². The predicted octanol–water partition coefficient (Wildman–Crippen LogP) is 3.46. The summed E-state index contributed by atoms with van der Waals surface area (Å²) in [6, 6.07) is 3.96. The van der Waals surface area contributed by atoms with Crippen LogP contribution in [0.1, 0.15) is 45.0 Å². The summed E-state index contributed by atoms with van der Waals surface area (Å²) in [5.74, 6) is 0.786. The lowest BCUT2D eigenvalue weighted by molar-refractivity contribution is 0.354. The lowest BCUT2D eigenvalue weighted by Gasteiger charge is -2.19. The molecule has 6 nitrogen and oxygen atoms in total. The molecule has 0 aliphatic carbocycles. The zero-order valence-corrected chi connectivity index (χ0v) is 14.2. The maximum atomic E-state index is 4.63. The fourth-order valence-corrected chi connectivity index (χ4v) is 2.48. The lowest BCUT2D eigenvalue weighted by atomic mass is 10.1. The Labute approximate surface area is 136 Å². The first kappa shape index (κ1) is 15.4. The highest BCUT2D eigenvalue weighted by atomic mass is 15.3. The van der Waals surface area contributed by atoms with Gasteiger partial charge >= 0.3 is 0 Å². The minimum absolute atomic E-state index is 0.0283. The SMILES string of the molecule is Cc1nn(C(C)(C)C)cc1C(C)Nc1ccc2nccnc2n1. The molecule has 0 bridgehead atoms. The highest BCUT2D eigenvalue weighted by molar-refractivity contribution is 5.71. The number of anilines is 1. The van der Waals surface area contributed by atoms with Crippen LogP contribution in [0.2, 0.25) is 0 Å². The minimum Gasteiger partial charge on any atom is -0.363 e. The van der Waals surface area contributed by atoms with Crippen molar-refractivity contribution in [2.75, 3.05) is 5.32 Å². The molecular weight excluding hydrogens is 288 g/mol. The van der Waals surface area contributed by atoms with Crippen molar-refractivity contribution >= 4 is 17.0 Å². The fraction of sp³-hybridized carbons (Fsp3) is 0.412. The van der Waals surface area contributed by atoms with E-state index < -0.39 is 0 Å². The third-order valence-corrected chi connectivity index (χ3v) is 3.79. The molecule has 0 spiro atoms. The molecule has 0 saturated heterocycles. The fourth-order valence-electron chi connectivity index (χ4n) is 2.48. The molecule has 0 saturated carbocycles. The monoisotopic (exact) mass is 310 g/mol. The number of nitrogens with zero attached hydrogens (tertiary/aromatic N) is 5. The zero-order valence-electron chi connectivity index (χ0n) is 14.2. The molecule has 3 aromatic heterocycles. The smallest absolute Gasteiger partial charge is 0.180 e. The summed E-state index contributed by atoms with van der Waals surface area (Å²) in [5, 5.41) is 8.05. The first-order valence-corrected chi connectivity index (χ1v) is 7.75. The molecule has 3 aromatic rings. The Morgan fingerprint density at radius 2 is 1.87 bits per heavy atom. The van der Waals surface area contributed by atoms with E-state index in [1.165, 1.54) is 5.56 Å². The lowest BCUT2D eigenvalue weighted by Crippen LogP contribution is -2.22. The number of aromatic nitrogens is 5. The van der Waals surface area contributed by atoms with Crippen LogP contribution in [-0.2, 0) is 5.54 Å². The second-order valence-corrected chi connectivity index (χ2v) is 6.75. The van der Waals surface area contributed by atoms with E-state index in [-0.39, 0.29) is 11.6 Å². The van der Waals surface area contributed by atoms with E-state index in [0.29, 0.717) is 5.65 Å². The van der Waals surface area contributed by atoms with Crippen LogP contribution >= 0.6 is 0 Å². The van der Waals surface area contributed by atoms with E-state index >= 15 is 0 Å². The van der Waals surface area contributed by atoms with E-state index in [4.69, 9.17) is 0 Å². The molecule has 0 aromatic carbocycles. The van der Waals surface area contributed by atoms with E-state index in [0.717, 1.165) is 17.0 Å². The number of hydrogen-bond acceptors (Lipinski definition) is 5. The van der Waals surface area contributed by atoms with Crippen molar-refractivity contribution in [3.63, 3.8) is 0 Å². The van der Waals surface area contributed by atoms with Crippen LogP contribution in [0.25, 0.3) is 11.2 Å². The number of nitrogens with one attached hydrogen (secondary N) is 1. The van der Waals surface area contributed by atoms with Crippen LogP contribution in [0.5, 0.6) is 0 Å². The van der Waals surface area contributed by atoms with Crippen molar-refractivity contribution in [1.82, 2.24) is 24.7 Å². The van der Waals surface area contributed by atoms with Gasteiger partial charge in [0.1, 0.15) is 11.3 Å². The topological polar surface area (TPSA) is 68.5 Å². The number of pyridine rings is 1. The van der Waals surface area contributed by atoms with Gasteiger partial charge in [0.25, 0.3) is 0 Å². The number of aryl methyl sites for hydroxylation is 1. The van der Waals surface area contributed by atoms with Gasteiger partial charge in [-0.2, -0.15) is 5.10 Å². The molecule has 0 amide bonds. The van der Waals surface area contributed by atoms with Crippen LogP contribution in [-0.4, -0.2) is 24.7 Å². The summed E-state index contributed by atoms with van der Waals surface area (Å²) in [4.78, 5) is 13.0. The average molecular weight is 310 g/mol. The van der Waals surface area contributed by atoms with Gasteiger partial charge in [-0.05, 0) is 46.8 Å². The predicted molar refractivity (Wildman–Crippen MR) is 91.3 cm³/mol. The summed E-state index contributed by atoms with van der Waals surface area (Å²) in [6.07, 6.45) is 5.43. The molecule has 1 atom stereocenters. The molecule has 0 aliphatic heterocycles. The highest BCUT2D eigenvalue weighted by Crippen LogP contribution is 2.24. The Kier molecular flexibility index (Phi) is 3.75. The van der Waals surface area contributed by atoms with Gasteiger partial charge in [0.05, 0.1) is 17.3 Å².